The number of rotatable bonds is 7. The second-order valence-corrected chi connectivity index (χ2v) is 15.8. The van der Waals surface area contributed by atoms with E-state index in [1.807, 2.05) is 0 Å². The van der Waals surface area contributed by atoms with Gasteiger partial charge in [0.05, 0.1) is 0 Å². The second-order valence-electron chi connectivity index (χ2n) is 15.8. The van der Waals surface area contributed by atoms with Gasteiger partial charge in [0.2, 0.25) is 0 Å². The van der Waals surface area contributed by atoms with Crippen LogP contribution in [0.25, 0.3) is 0 Å². The van der Waals surface area contributed by atoms with E-state index in [1.54, 1.807) is 0 Å². The van der Waals surface area contributed by atoms with Gasteiger partial charge in [-0.1, -0.05) is 141 Å². The number of anilines is 1. The molecular formula is C43H72N2. The molecular weight excluding hydrogens is 544 g/mol. The van der Waals surface area contributed by atoms with Crippen LogP contribution in [0.3, 0.4) is 0 Å². The van der Waals surface area contributed by atoms with Crippen LogP contribution >= 0.6 is 0 Å². The standard InChI is InChI=1S/C43H72N2/c1-6-37-23-17-13-15-18-24-39(29-28-37)44(5)42-32-36(4)30-38(7-2)33-43(34-42)45(40-25-19-10-8-9-11-20-26-40)41-27-21-14-12-16-22-35(3)31-41/h13,15,17-18,23-24,28-29,35-36,38,40-43H,6-12,14,16,19-22,25-27,30-34H2,1-5H3. The highest BCUT2D eigenvalue weighted by Gasteiger charge is 2.38. The van der Waals surface area contributed by atoms with Crippen molar-refractivity contribution < 1.29 is 0 Å². The smallest absolute Gasteiger partial charge is 0.0366 e. The third kappa shape index (κ3) is 11.9. The van der Waals surface area contributed by atoms with Gasteiger partial charge >= 0.3 is 0 Å². The Morgan fingerprint density at radius 2 is 1.13 bits per heavy atom. The first-order valence-corrected chi connectivity index (χ1v) is 19.9. The lowest BCUT2D eigenvalue weighted by molar-refractivity contribution is 0.0211. The minimum Gasteiger partial charge on any atom is -0.372 e. The van der Waals surface area contributed by atoms with Gasteiger partial charge in [0.25, 0.3) is 0 Å². The topological polar surface area (TPSA) is 6.48 Å². The first kappa shape index (κ1) is 36.3. The number of nitrogens with zero attached hydrogens (tertiary/aromatic N) is 2. The minimum atomic E-state index is 0.576. The molecule has 0 radical (unpaired) electrons. The fourth-order valence-corrected chi connectivity index (χ4v) is 9.46. The van der Waals surface area contributed by atoms with Gasteiger partial charge < -0.3 is 4.90 Å². The molecule has 45 heavy (non-hydrogen) atoms. The molecule has 3 saturated carbocycles. The van der Waals surface area contributed by atoms with Gasteiger partial charge in [-0.15, -0.1) is 0 Å². The quantitative estimate of drug-likeness (QED) is 0.301. The first-order chi connectivity index (χ1) is 22.0. The van der Waals surface area contributed by atoms with Crippen molar-refractivity contribution in [2.24, 2.45) is 17.8 Å². The molecule has 0 heterocycles. The molecule has 1 aromatic rings. The lowest BCUT2D eigenvalue weighted by Gasteiger charge is -2.49. The highest BCUT2D eigenvalue weighted by Crippen LogP contribution is 2.39. The molecule has 4 rings (SSSR count). The molecule has 3 aliphatic carbocycles. The van der Waals surface area contributed by atoms with Gasteiger partial charge in [-0.3, -0.25) is 4.90 Å². The molecule has 3 fully saturated rings. The van der Waals surface area contributed by atoms with Crippen molar-refractivity contribution in [1.29, 1.82) is 0 Å². The zero-order valence-electron chi connectivity index (χ0n) is 30.4. The summed E-state index contributed by atoms with van der Waals surface area (Å²) in [6, 6.07) is 21.0. The molecule has 0 aliphatic heterocycles. The Labute approximate surface area is 280 Å². The van der Waals surface area contributed by atoms with Crippen LogP contribution in [-0.4, -0.2) is 36.1 Å². The van der Waals surface area contributed by atoms with Crippen LogP contribution in [-0.2, 0) is 6.42 Å². The fourth-order valence-electron chi connectivity index (χ4n) is 9.46. The molecule has 0 amide bonds. The van der Waals surface area contributed by atoms with Gasteiger partial charge in [0.15, 0.2) is 0 Å². The van der Waals surface area contributed by atoms with Crippen molar-refractivity contribution >= 4 is 5.69 Å². The van der Waals surface area contributed by atoms with Crippen LogP contribution in [0, 0.1) is 17.8 Å². The first-order valence-electron chi connectivity index (χ1n) is 19.9. The maximum absolute atomic E-state index is 3.28. The number of hydrogen-bond acceptors (Lipinski definition) is 2. The van der Waals surface area contributed by atoms with Crippen LogP contribution in [0.4, 0.5) is 5.69 Å². The highest BCUT2D eigenvalue weighted by atomic mass is 15.2. The highest BCUT2D eigenvalue weighted by molar-refractivity contribution is 5.45. The van der Waals surface area contributed by atoms with E-state index >= 15 is 0 Å². The molecule has 0 spiro atoms. The Bertz CT molecular complexity index is 993. The fraction of sp³-hybridized carbons (Fsp3) is 0.767. The molecule has 6 atom stereocenters. The van der Waals surface area contributed by atoms with Crippen molar-refractivity contribution in [3.8, 4) is 0 Å². The molecule has 0 saturated heterocycles. The van der Waals surface area contributed by atoms with E-state index in [-0.39, 0.29) is 0 Å². The lowest BCUT2D eigenvalue weighted by Crippen LogP contribution is -2.53. The Hall–Kier alpha value is -1.54. The van der Waals surface area contributed by atoms with E-state index in [9.17, 15) is 0 Å². The number of aryl methyl sites for hydroxylation is 1. The average Bonchev–Trinajstić information content (AvgIpc) is 3.23. The van der Waals surface area contributed by atoms with Crippen molar-refractivity contribution in [2.45, 2.75) is 187 Å². The zero-order chi connectivity index (χ0) is 31.9. The van der Waals surface area contributed by atoms with Crippen molar-refractivity contribution in [2.75, 3.05) is 11.9 Å². The minimum absolute atomic E-state index is 0.576. The third-order valence-corrected chi connectivity index (χ3v) is 12.1. The van der Waals surface area contributed by atoms with E-state index in [1.165, 1.54) is 140 Å². The third-order valence-electron chi connectivity index (χ3n) is 12.1. The molecule has 0 aromatic heterocycles. The molecule has 254 valence electrons. The molecule has 0 bridgehead atoms. The SMILES string of the molecule is CCc1ccccccc(N(C)C2CC(C)CC(CC)CC(N(C3CCCCCCCC3)C3CCCCCCC(C)C3)C2)cc1. The maximum Gasteiger partial charge on any atom is 0.0366 e. The second kappa shape index (κ2) is 20.0. The van der Waals surface area contributed by atoms with Crippen LogP contribution in [0.1, 0.15) is 162 Å². The van der Waals surface area contributed by atoms with E-state index in [2.05, 4.69) is 93.1 Å². The van der Waals surface area contributed by atoms with Crippen molar-refractivity contribution in [3.05, 3.63) is 54.1 Å². The van der Waals surface area contributed by atoms with Crippen LogP contribution < -0.4 is 4.90 Å². The van der Waals surface area contributed by atoms with E-state index in [0.717, 1.165) is 36.3 Å². The summed E-state index contributed by atoms with van der Waals surface area (Å²) in [7, 11) is 2.42. The maximum atomic E-state index is 3.28. The summed E-state index contributed by atoms with van der Waals surface area (Å²) < 4.78 is 0. The molecule has 3 aliphatic rings. The summed E-state index contributed by atoms with van der Waals surface area (Å²) in [6.07, 6.45) is 29.6. The largest absolute Gasteiger partial charge is 0.372 e. The monoisotopic (exact) mass is 617 g/mol. The lowest BCUT2D eigenvalue weighted by atomic mass is 9.77. The van der Waals surface area contributed by atoms with E-state index in [4.69, 9.17) is 0 Å². The number of hydrogen-bond donors (Lipinski definition) is 0. The van der Waals surface area contributed by atoms with E-state index < -0.39 is 0 Å². The van der Waals surface area contributed by atoms with Crippen LogP contribution in [0.5, 0.6) is 0 Å². The summed E-state index contributed by atoms with van der Waals surface area (Å²) in [5, 5.41) is 0. The van der Waals surface area contributed by atoms with Gasteiger partial charge in [-0.2, -0.15) is 0 Å². The Morgan fingerprint density at radius 3 is 1.80 bits per heavy atom. The van der Waals surface area contributed by atoms with Crippen LogP contribution in [0.2, 0.25) is 0 Å². The van der Waals surface area contributed by atoms with Crippen molar-refractivity contribution in [1.82, 2.24) is 4.90 Å². The summed E-state index contributed by atoms with van der Waals surface area (Å²) in [5.41, 5.74) is 2.77. The Kier molecular flexibility index (Phi) is 16.1. The Morgan fingerprint density at radius 1 is 0.533 bits per heavy atom. The predicted octanol–water partition coefficient (Wildman–Crippen LogP) is 12.3. The molecule has 1 aromatic carbocycles. The predicted molar refractivity (Wildman–Crippen MR) is 199 cm³/mol. The molecule has 2 nitrogen and oxygen atoms in total. The summed E-state index contributed by atoms with van der Waals surface area (Å²) >= 11 is 0. The summed E-state index contributed by atoms with van der Waals surface area (Å²) in [6.45, 7) is 9.90. The average molecular weight is 617 g/mol. The van der Waals surface area contributed by atoms with Gasteiger partial charge in [-0.05, 0) is 93.2 Å². The van der Waals surface area contributed by atoms with Gasteiger partial charge in [0.1, 0.15) is 0 Å². The summed E-state index contributed by atoms with van der Waals surface area (Å²) in [4.78, 5) is 5.98. The van der Waals surface area contributed by atoms with Gasteiger partial charge in [0, 0.05) is 36.9 Å². The van der Waals surface area contributed by atoms with Crippen molar-refractivity contribution in [3.63, 3.8) is 0 Å². The van der Waals surface area contributed by atoms with Gasteiger partial charge in [-0.25, -0.2) is 0 Å². The zero-order valence-corrected chi connectivity index (χ0v) is 30.4. The molecule has 0 N–H and O–H groups in total. The molecule has 2 heteroatoms. The normalized spacial score (nSPS) is 29.8. The van der Waals surface area contributed by atoms with Crippen LogP contribution in [0.15, 0.2) is 48.5 Å². The Balaban J connectivity index is 1.72. The molecule has 6 unspecified atom stereocenters. The summed E-state index contributed by atoms with van der Waals surface area (Å²) in [5.74, 6) is 2.50. The van der Waals surface area contributed by atoms with E-state index in [0.29, 0.717) is 12.1 Å².